The van der Waals surface area contributed by atoms with E-state index >= 15 is 0 Å². The average molecular weight is 309 g/mol. The molecule has 0 aromatic heterocycles. The van der Waals surface area contributed by atoms with Crippen LogP contribution in [0.15, 0.2) is 0 Å². The second kappa shape index (κ2) is 16.0. The van der Waals surface area contributed by atoms with Crippen LogP contribution >= 0.6 is 0 Å². The second-order valence-corrected chi connectivity index (χ2v) is 5.20. The number of likely N-dealkylation sites (N-methyl/N-ethyl adjacent to an activating group) is 1. The van der Waals surface area contributed by atoms with Gasteiger partial charge in [0.15, 0.2) is 0 Å². The number of carboxylic acids is 1. The van der Waals surface area contributed by atoms with Gasteiger partial charge < -0.3 is 14.8 Å². The van der Waals surface area contributed by atoms with Gasteiger partial charge in [0.2, 0.25) is 5.91 Å². The Bertz CT molecular complexity index is 260. The number of rotatable bonds is 12. The maximum absolute atomic E-state index is 11.5. The van der Waals surface area contributed by atoms with E-state index in [1.54, 1.807) is 0 Å². The van der Waals surface area contributed by atoms with Crippen molar-refractivity contribution in [3.8, 4) is 0 Å². The molecule has 0 fully saturated rings. The molecular weight excluding hydrogens is 281 g/mol. The van der Waals surface area contributed by atoms with E-state index in [1.165, 1.54) is 56.9 Å². The molecule has 0 aliphatic rings. The molecule has 0 aromatic carbocycles. The number of hydrogen-bond donors (Lipinski definition) is 0. The fraction of sp³-hybridized carbons (Fsp3) is 0.867. The van der Waals surface area contributed by atoms with E-state index in [2.05, 4.69) is 6.92 Å². The Kier molecular flexibility index (Phi) is 18.2. The first-order chi connectivity index (χ1) is 9.07. The molecule has 5 heteroatoms. The molecule has 112 valence electrons. The van der Waals surface area contributed by atoms with Crippen LogP contribution in [0, 0.1) is 0 Å². The molecule has 4 nitrogen and oxygen atoms in total. The zero-order valence-corrected chi connectivity index (χ0v) is 16.6. The van der Waals surface area contributed by atoms with Gasteiger partial charge in [0, 0.05) is 13.5 Å². The standard InChI is InChI=1S/C15H29NO3.K/c1-3-4-5-6-7-8-9-10-11-12-14(17)16(2)13-15(18)19;/h3-13H2,1-2H3,(H,18,19);/q;+1/p-1. The fourth-order valence-corrected chi connectivity index (χ4v) is 2.06. The van der Waals surface area contributed by atoms with Gasteiger partial charge in [-0.2, -0.15) is 0 Å². The van der Waals surface area contributed by atoms with Gasteiger partial charge in [-0.3, -0.25) is 4.79 Å². The van der Waals surface area contributed by atoms with Crippen molar-refractivity contribution in [2.45, 2.75) is 71.1 Å². The number of carbonyl (C=O) groups is 2. The van der Waals surface area contributed by atoms with Crippen LogP contribution < -0.4 is 56.5 Å². The smallest absolute Gasteiger partial charge is 0.548 e. The van der Waals surface area contributed by atoms with Crippen molar-refractivity contribution < 1.29 is 66.1 Å². The summed E-state index contributed by atoms with van der Waals surface area (Å²) in [5.74, 6) is -1.31. The van der Waals surface area contributed by atoms with Crippen molar-refractivity contribution in [3.05, 3.63) is 0 Å². The number of amides is 1. The molecule has 0 spiro atoms. The Hall–Kier alpha value is 0.576. The van der Waals surface area contributed by atoms with Crippen LogP contribution in [0.2, 0.25) is 0 Å². The van der Waals surface area contributed by atoms with Gasteiger partial charge in [-0.05, 0) is 6.42 Å². The SMILES string of the molecule is CCCCCCCCCCCC(=O)N(C)CC(=O)[O-].[K+]. The van der Waals surface area contributed by atoms with E-state index in [0.717, 1.165) is 12.8 Å². The molecule has 0 aliphatic carbocycles. The van der Waals surface area contributed by atoms with Crippen molar-refractivity contribution in [2.24, 2.45) is 0 Å². The molecule has 0 radical (unpaired) electrons. The Balaban J connectivity index is 0. The molecule has 0 aromatic rings. The van der Waals surface area contributed by atoms with Crippen molar-refractivity contribution >= 4 is 11.9 Å². The van der Waals surface area contributed by atoms with Crippen LogP contribution in [-0.2, 0) is 9.59 Å². The van der Waals surface area contributed by atoms with Gasteiger partial charge >= 0.3 is 51.4 Å². The zero-order chi connectivity index (χ0) is 14.5. The third-order valence-electron chi connectivity index (χ3n) is 3.29. The van der Waals surface area contributed by atoms with Crippen LogP contribution in [0.25, 0.3) is 0 Å². The molecule has 0 aliphatic heterocycles. The average Bonchev–Trinajstić information content (AvgIpc) is 2.35. The molecule has 0 atom stereocenters. The van der Waals surface area contributed by atoms with Crippen LogP contribution in [0.1, 0.15) is 71.1 Å². The Morgan fingerprint density at radius 2 is 1.35 bits per heavy atom. The predicted molar refractivity (Wildman–Crippen MR) is 74.5 cm³/mol. The monoisotopic (exact) mass is 309 g/mol. The Morgan fingerprint density at radius 1 is 0.900 bits per heavy atom. The summed E-state index contributed by atoms with van der Waals surface area (Å²) in [6.45, 7) is 1.91. The maximum Gasteiger partial charge on any atom is 1.00 e. The minimum absolute atomic E-state index is 0. The van der Waals surface area contributed by atoms with Crippen LogP contribution in [0.5, 0.6) is 0 Å². The van der Waals surface area contributed by atoms with Gasteiger partial charge in [0.25, 0.3) is 0 Å². The predicted octanol–water partition coefficient (Wildman–Crippen LogP) is -0.880. The quantitative estimate of drug-likeness (QED) is 0.347. The second-order valence-electron chi connectivity index (χ2n) is 5.20. The number of carbonyl (C=O) groups excluding carboxylic acids is 2. The van der Waals surface area contributed by atoms with Crippen molar-refractivity contribution in [3.63, 3.8) is 0 Å². The third kappa shape index (κ3) is 15.0. The van der Waals surface area contributed by atoms with E-state index in [0.29, 0.717) is 6.42 Å². The summed E-state index contributed by atoms with van der Waals surface area (Å²) in [5.41, 5.74) is 0. The number of aliphatic carboxylic acids is 1. The van der Waals surface area contributed by atoms with Crippen LogP contribution in [-0.4, -0.2) is 30.4 Å². The molecule has 0 unspecified atom stereocenters. The van der Waals surface area contributed by atoms with Gasteiger partial charge in [0.1, 0.15) is 0 Å². The molecule has 0 N–H and O–H groups in total. The van der Waals surface area contributed by atoms with Crippen LogP contribution in [0.4, 0.5) is 0 Å². The first-order valence-electron chi connectivity index (χ1n) is 7.51. The van der Waals surface area contributed by atoms with Crippen molar-refractivity contribution in [1.29, 1.82) is 0 Å². The largest absolute Gasteiger partial charge is 1.00 e. The summed E-state index contributed by atoms with van der Waals surface area (Å²) in [6, 6.07) is 0. The molecule has 0 bridgehead atoms. The number of hydrogen-bond acceptors (Lipinski definition) is 3. The minimum atomic E-state index is -1.21. The molecule has 0 heterocycles. The molecule has 0 rings (SSSR count). The maximum atomic E-state index is 11.5. The van der Waals surface area contributed by atoms with Gasteiger partial charge in [-0.15, -0.1) is 0 Å². The normalized spacial score (nSPS) is 9.90. The number of unbranched alkanes of at least 4 members (excludes halogenated alkanes) is 8. The molecule has 1 amide bonds. The van der Waals surface area contributed by atoms with Gasteiger partial charge in [-0.1, -0.05) is 58.3 Å². The van der Waals surface area contributed by atoms with E-state index in [1.807, 2.05) is 0 Å². The van der Waals surface area contributed by atoms with Crippen LogP contribution in [0.3, 0.4) is 0 Å². The first kappa shape index (κ1) is 22.9. The van der Waals surface area contributed by atoms with Crippen molar-refractivity contribution in [1.82, 2.24) is 4.90 Å². The summed E-state index contributed by atoms with van der Waals surface area (Å²) in [4.78, 5) is 23.1. The van der Waals surface area contributed by atoms with E-state index in [9.17, 15) is 14.7 Å². The summed E-state index contributed by atoms with van der Waals surface area (Å²) in [6.07, 6.45) is 11.3. The Labute approximate surface area is 166 Å². The molecular formula is C15H28KNO3. The molecule has 0 saturated carbocycles. The minimum Gasteiger partial charge on any atom is -0.548 e. The third-order valence-corrected chi connectivity index (χ3v) is 3.29. The summed E-state index contributed by atoms with van der Waals surface area (Å²) >= 11 is 0. The fourth-order valence-electron chi connectivity index (χ4n) is 2.06. The van der Waals surface area contributed by atoms with Gasteiger partial charge in [-0.25, -0.2) is 0 Å². The topological polar surface area (TPSA) is 60.4 Å². The van der Waals surface area contributed by atoms with Crippen molar-refractivity contribution in [2.75, 3.05) is 13.6 Å². The van der Waals surface area contributed by atoms with E-state index in [4.69, 9.17) is 0 Å². The number of nitrogens with zero attached hydrogens (tertiary/aromatic N) is 1. The van der Waals surface area contributed by atoms with E-state index < -0.39 is 5.97 Å². The summed E-state index contributed by atoms with van der Waals surface area (Å²) < 4.78 is 0. The Morgan fingerprint density at radius 3 is 1.80 bits per heavy atom. The van der Waals surface area contributed by atoms with E-state index in [-0.39, 0.29) is 63.8 Å². The molecule has 0 saturated heterocycles. The number of carboxylic acid groups (broad SMARTS) is 1. The zero-order valence-electron chi connectivity index (χ0n) is 13.5. The summed E-state index contributed by atoms with van der Waals surface area (Å²) in [5, 5.41) is 10.3. The molecule has 20 heavy (non-hydrogen) atoms. The first-order valence-corrected chi connectivity index (χ1v) is 7.51. The summed E-state index contributed by atoms with van der Waals surface area (Å²) in [7, 11) is 1.51. The van der Waals surface area contributed by atoms with Gasteiger partial charge in [0.05, 0.1) is 12.5 Å².